The number of nitrogens with zero attached hydrogens (tertiary/aromatic N) is 2. The van der Waals surface area contributed by atoms with E-state index in [0.717, 1.165) is 25.2 Å². The smallest absolute Gasteiger partial charge is 0.256 e. The van der Waals surface area contributed by atoms with Crippen molar-refractivity contribution >= 4 is 11.6 Å². The molecule has 2 aromatic carbocycles. The van der Waals surface area contributed by atoms with E-state index in [1.807, 2.05) is 18.2 Å². The van der Waals surface area contributed by atoms with Crippen LogP contribution in [-0.2, 0) is 0 Å². The van der Waals surface area contributed by atoms with E-state index in [4.69, 9.17) is 0 Å². The van der Waals surface area contributed by atoms with Crippen LogP contribution in [0.15, 0.2) is 42.5 Å². The summed E-state index contributed by atoms with van der Waals surface area (Å²) in [6.07, 6.45) is 0. The molecule has 25 heavy (non-hydrogen) atoms. The quantitative estimate of drug-likeness (QED) is 0.911. The highest BCUT2D eigenvalue weighted by Crippen LogP contribution is 2.35. The Morgan fingerprint density at radius 3 is 2.24 bits per heavy atom. The van der Waals surface area contributed by atoms with Crippen molar-refractivity contribution in [2.24, 2.45) is 11.8 Å². The summed E-state index contributed by atoms with van der Waals surface area (Å²) in [4.78, 5) is 16.5. The molecule has 2 heterocycles. The van der Waals surface area contributed by atoms with Crippen LogP contribution in [0.25, 0.3) is 0 Å². The maximum absolute atomic E-state index is 14.0. The molecule has 1 amide bonds. The van der Waals surface area contributed by atoms with Crippen LogP contribution in [0.4, 0.5) is 14.5 Å². The molecule has 2 atom stereocenters. The third-order valence-corrected chi connectivity index (χ3v) is 5.19. The zero-order valence-corrected chi connectivity index (χ0v) is 13.5. The van der Waals surface area contributed by atoms with E-state index in [1.54, 1.807) is 4.90 Å². The van der Waals surface area contributed by atoms with E-state index < -0.39 is 23.3 Å². The first-order chi connectivity index (χ1) is 12.0. The minimum absolute atomic E-state index is 0.279. The Balaban J connectivity index is 1.47. The molecule has 0 saturated carbocycles. The first-order valence-electron chi connectivity index (χ1n) is 8.31. The highest BCUT2D eigenvalue weighted by atomic mass is 19.1. The molecule has 0 bridgehead atoms. The van der Waals surface area contributed by atoms with Gasteiger partial charge in [-0.05, 0) is 24.3 Å². The average Bonchev–Trinajstić information content (AvgIpc) is 3.19. The number of phenols is 1. The number of halogens is 2. The number of likely N-dealkylation sites (tertiary alicyclic amines) is 1. The van der Waals surface area contributed by atoms with Crippen molar-refractivity contribution in [3.63, 3.8) is 0 Å². The molecular weight excluding hydrogens is 326 g/mol. The lowest BCUT2D eigenvalue weighted by Gasteiger charge is -2.23. The Morgan fingerprint density at radius 1 is 0.960 bits per heavy atom. The van der Waals surface area contributed by atoms with Gasteiger partial charge in [0.2, 0.25) is 0 Å². The number of para-hydroxylation sites is 1. The lowest BCUT2D eigenvalue weighted by atomic mass is 10.0. The SMILES string of the molecule is O=C(c1ccc(F)c(O)c1F)N1CC2CN(c3ccccc3)CC2C1. The van der Waals surface area contributed by atoms with Crippen molar-refractivity contribution in [3.8, 4) is 5.75 Å². The van der Waals surface area contributed by atoms with Crippen molar-refractivity contribution in [2.45, 2.75) is 0 Å². The van der Waals surface area contributed by atoms with Gasteiger partial charge < -0.3 is 14.9 Å². The number of aromatic hydroxyl groups is 1. The molecule has 2 aliphatic heterocycles. The lowest BCUT2D eigenvalue weighted by molar-refractivity contribution is 0.0777. The zero-order chi connectivity index (χ0) is 17.6. The second kappa shape index (κ2) is 6.02. The number of hydrogen-bond donors (Lipinski definition) is 1. The fraction of sp³-hybridized carbons (Fsp3) is 0.316. The van der Waals surface area contributed by atoms with Crippen LogP contribution in [0.2, 0.25) is 0 Å². The normalized spacial score (nSPS) is 22.3. The minimum Gasteiger partial charge on any atom is -0.503 e. The zero-order valence-electron chi connectivity index (χ0n) is 13.5. The number of amides is 1. The van der Waals surface area contributed by atoms with Gasteiger partial charge in [0.05, 0.1) is 5.56 Å². The monoisotopic (exact) mass is 344 g/mol. The molecule has 2 saturated heterocycles. The molecule has 0 aromatic heterocycles. The van der Waals surface area contributed by atoms with Gasteiger partial charge >= 0.3 is 0 Å². The van der Waals surface area contributed by atoms with Crippen molar-refractivity contribution in [2.75, 3.05) is 31.1 Å². The van der Waals surface area contributed by atoms with E-state index >= 15 is 0 Å². The van der Waals surface area contributed by atoms with Crippen LogP contribution in [-0.4, -0.2) is 42.1 Å². The molecule has 2 unspecified atom stereocenters. The second-order valence-corrected chi connectivity index (χ2v) is 6.73. The van der Waals surface area contributed by atoms with Gasteiger partial charge in [-0.3, -0.25) is 4.79 Å². The highest BCUT2D eigenvalue weighted by Gasteiger charge is 2.42. The van der Waals surface area contributed by atoms with Crippen LogP contribution < -0.4 is 4.90 Å². The van der Waals surface area contributed by atoms with Crippen LogP contribution >= 0.6 is 0 Å². The van der Waals surface area contributed by atoms with Crippen LogP contribution in [0.3, 0.4) is 0 Å². The molecule has 2 aliphatic rings. The fourth-order valence-corrected chi connectivity index (χ4v) is 3.89. The van der Waals surface area contributed by atoms with Gasteiger partial charge in [0.25, 0.3) is 5.91 Å². The van der Waals surface area contributed by atoms with Gasteiger partial charge in [0.15, 0.2) is 17.4 Å². The number of phenolic OH excluding ortho intramolecular Hbond substituents is 1. The van der Waals surface area contributed by atoms with E-state index in [2.05, 4.69) is 17.0 Å². The number of anilines is 1. The Morgan fingerprint density at radius 2 is 1.60 bits per heavy atom. The van der Waals surface area contributed by atoms with Crippen molar-refractivity contribution in [3.05, 3.63) is 59.7 Å². The number of fused-ring (bicyclic) bond motifs is 1. The standard InChI is InChI=1S/C19H18F2N2O2/c20-16-7-6-15(17(21)18(16)24)19(25)23-10-12-8-22(9-13(12)11-23)14-4-2-1-3-5-14/h1-7,12-13,24H,8-11H2. The molecule has 2 fully saturated rings. The summed E-state index contributed by atoms with van der Waals surface area (Å²) >= 11 is 0. The van der Waals surface area contributed by atoms with Gasteiger partial charge in [-0.2, -0.15) is 0 Å². The molecule has 2 aromatic rings. The van der Waals surface area contributed by atoms with Gasteiger partial charge in [0.1, 0.15) is 0 Å². The molecule has 0 spiro atoms. The van der Waals surface area contributed by atoms with Crippen LogP contribution in [0.1, 0.15) is 10.4 Å². The molecule has 4 nitrogen and oxygen atoms in total. The summed E-state index contributed by atoms with van der Waals surface area (Å²) in [5, 5.41) is 9.37. The van der Waals surface area contributed by atoms with E-state index in [-0.39, 0.29) is 5.56 Å². The Kier molecular flexibility index (Phi) is 3.82. The predicted octanol–water partition coefficient (Wildman–Crippen LogP) is 2.88. The van der Waals surface area contributed by atoms with Crippen molar-refractivity contribution < 1.29 is 18.7 Å². The Labute approximate surface area is 144 Å². The Hall–Kier alpha value is -2.63. The molecule has 6 heteroatoms. The third kappa shape index (κ3) is 2.71. The molecule has 1 N–H and O–H groups in total. The first-order valence-corrected chi connectivity index (χ1v) is 8.31. The predicted molar refractivity (Wildman–Crippen MR) is 89.6 cm³/mol. The summed E-state index contributed by atoms with van der Waals surface area (Å²) in [6.45, 7) is 2.81. The number of rotatable bonds is 2. The number of benzene rings is 2. The summed E-state index contributed by atoms with van der Waals surface area (Å²) in [7, 11) is 0. The molecule has 0 aliphatic carbocycles. The maximum atomic E-state index is 14.0. The van der Waals surface area contributed by atoms with E-state index in [1.165, 1.54) is 5.69 Å². The second-order valence-electron chi connectivity index (χ2n) is 6.73. The third-order valence-electron chi connectivity index (χ3n) is 5.19. The van der Waals surface area contributed by atoms with Gasteiger partial charge in [-0.25, -0.2) is 8.78 Å². The fourth-order valence-electron chi connectivity index (χ4n) is 3.89. The minimum atomic E-state index is -1.19. The number of carbonyl (C=O) groups excluding carboxylic acids is 1. The van der Waals surface area contributed by atoms with E-state index in [9.17, 15) is 18.7 Å². The highest BCUT2D eigenvalue weighted by molar-refractivity contribution is 5.95. The molecular formula is C19H18F2N2O2. The Bertz CT molecular complexity index is 799. The van der Waals surface area contributed by atoms with Crippen molar-refractivity contribution in [1.82, 2.24) is 4.90 Å². The first kappa shape index (κ1) is 15.9. The largest absolute Gasteiger partial charge is 0.503 e. The topological polar surface area (TPSA) is 43.8 Å². The van der Waals surface area contributed by atoms with Crippen molar-refractivity contribution in [1.29, 1.82) is 0 Å². The lowest BCUT2D eigenvalue weighted by Crippen LogP contribution is -2.33. The van der Waals surface area contributed by atoms with Gasteiger partial charge in [0, 0.05) is 43.7 Å². The summed E-state index contributed by atoms with van der Waals surface area (Å²) in [6, 6.07) is 12.1. The van der Waals surface area contributed by atoms with Gasteiger partial charge in [-0.1, -0.05) is 18.2 Å². The summed E-state index contributed by atoms with van der Waals surface area (Å²) in [5.74, 6) is -3.17. The average molecular weight is 344 g/mol. The van der Waals surface area contributed by atoms with Crippen LogP contribution in [0.5, 0.6) is 5.75 Å². The van der Waals surface area contributed by atoms with E-state index in [0.29, 0.717) is 24.9 Å². The number of hydrogen-bond acceptors (Lipinski definition) is 3. The summed E-state index contributed by atoms with van der Waals surface area (Å²) < 4.78 is 27.2. The van der Waals surface area contributed by atoms with Crippen LogP contribution in [0, 0.1) is 23.5 Å². The summed E-state index contributed by atoms with van der Waals surface area (Å²) in [5.41, 5.74) is 0.892. The van der Waals surface area contributed by atoms with Gasteiger partial charge in [-0.15, -0.1) is 0 Å². The molecule has 0 radical (unpaired) electrons. The maximum Gasteiger partial charge on any atom is 0.256 e. The molecule has 130 valence electrons. The number of carbonyl (C=O) groups is 1. The molecule has 4 rings (SSSR count).